The van der Waals surface area contributed by atoms with E-state index in [1.807, 2.05) is 66.7 Å². The Morgan fingerprint density at radius 3 is 1.36 bits per heavy atom. The van der Waals surface area contributed by atoms with E-state index in [9.17, 15) is 15.3 Å². The number of hydrogen-bond acceptors (Lipinski definition) is 8. The number of ether oxygens (including phenoxy) is 3. The molecule has 0 aliphatic heterocycles. The van der Waals surface area contributed by atoms with E-state index in [2.05, 4.69) is 48.5 Å². The van der Waals surface area contributed by atoms with E-state index in [-0.39, 0.29) is 19.0 Å². The Morgan fingerprint density at radius 2 is 0.927 bits per heavy atom. The predicted molar refractivity (Wildman–Crippen MR) is 218 cm³/mol. The summed E-state index contributed by atoms with van der Waals surface area (Å²) in [5.41, 5.74) is 17.6. The summed E-state index contributed by atoms with van der Waals surface area (Å²) < 4.78 is 17.6. The van der Waals surface area contributed by atoms with Gasteiger partial charge in [0.15, 0.2) is 0 Å². The summed E-state index contributed by atoms with van der Waals surface area (Å²) >= 11 is 0. The Hall–Kier alpha value is -4.86. The zero-order valence-corrected chi connectivity index (χ0v) is 31.7. The van der Waals surface area contributed by atoms with E-state index in [1.165, 1.54) is 16.7 Å². The Morgan fingerprint density at radius 1 is 0.509 bits per heavy atom. The summed E-state index contributed by atoms with van der Waals surface area (Å²) in [5, 5.41) is 28.1. The topological polar surface area (TPSA) is 140 Å². The summed E-state index contributed by atoms with van der Waals surface area (Å²) in [4.78, 5) is 0. The van der Waals surface area contributed by atoms with Gasteiger partial charge in [0.05, 0.1) is 26.4 Å². The van der Waals surface area contributed by atoms with Crippen LogP contribution in [0.2, 0.25) is 0 Å². The number of hydrogen-bond donors (Lipinski definition) is 5. The van der Waals surface area contributed by atoms with Gasteiger partial charge in [0.1, 0.15) is 29.6 Å². The van der Waals surface area contributed by atoms with Gasteiger partial charge in [-0.1, -0.05) is 78.9 Å². The van der Waals surface area contributed by atoms with Crippen molar-refractivity contribution >= 4 is 0 Å². The van der Waals surface area contributed by atoms with Crippen LogP contribution in [0, 0.1) is 0 Å². The van der Waals surface area contributed by atoms with E-state index in [1.54, 1.807) is 12.1 Å². The molecule has 2 aliphatic carbocycles. The number of aromatic hydroxyl groups is 1. The average molecular weight is 745 g/mol. The van der Waals surface area contributed by atoms with Crippen molar-refractivity contribution < 1.29 is 29.5 Å². The van der Waals surface area contributed by atoms with Crippen molar-refractivity contribution in [1.29, 1.82) is 0 Å². The molecule has 2 fully saturated rings. The first kappa shape index (κ1) is 39.8. The summed E-state index contributed by atoms with van der Waals surface area (Å²) in [5.74, 6) is 3.74. The lowest BCUT2D eigenvalue weighted by molar-refractivity contribution is 0.198. The quantitative estimate of drug-likeness (QED) is 0.0732. The normalized spacial score (nSPS) is 21.7. The van der Waals surface area contributed by atoms with Crippen LogP contribution in [-0.2, 0) is 19.4 Å². The minimum Gasteiger partial charge on any atom is -0.508 e. The van der Waals surface area contributed by atoms with Gasteiger partial charge in [0, 0.05) is 23.9 Å². The Balaban J connectivity index is 0.000000193. The van der Waals surface area contributed by atoms with Crippen LogP contribution in [0.1, 0.15) is 78.2 Å². The third-order valence-electron chi connectivity index (χ3n) is 11.0. The number of rotatable bonds is 15. The molecule has 8 heteroatoms. The molecule has 5 aromatic rings. The number of phenolic OH excluding ortho intramolecular Hbond substituents is 1. The fraction of sp³-hybridized carbons (Fsp3) is 0.362. The lowest BCUT2D eigenvalue weighted by Crippen LogP contribution is -2.40. The summed E-state index contributed by atoms with van der Waals surface area (Å²) in [6, 6.07) is 42.1. The largest absolute Gasteiger partial charge is 0.508 e. The SMILES string of the molecule is N[C@]1(CO)CC[C@@H](c2ccc(OCCc3ccc(O)cc3)cc2)C1.N[C@]1(CO)CC[C@@H](c2ccc(OCCc3ccc(OCc4ccccc4)cc3)cc2)C1. The van der Waals surface area contributed by atoms with Crippen LogP contribution in [0.4, 0.5) is 0 Å². The highest BCUT2D eigenvalue weighted by molar-refractivity contribution is 5.33. The number of aliphatic hydroxyl groups excluding tert-OH is 2. The van der Waals surface area contributed by atoms with Gasteiger partial charge in [-0.25, -0.2) is 0 Å². The van der Waals surface area contributed by atoms with Crippen LogP contribution in [0.3, 0.4) is 0 Å². The molecule has 5 aromatic carbocycles. The number of benzene rings is 5. The highest BCUT2D eigenvalue weighted by Gasteiger charge is 2.36. The second-order valence-corrected chi connectivity index (χ2v) is 15.3. The summed E-state index contributed by atoms with van der Waals surface area (Å²) in [6.07, 6.45) is 7.13. The molecule has 0 spiro atoms. The molecule has 2 saturated carbocycles. The standard InChI is InChI=1S/C27H31NO3.C20H25NO3/c28-27(20-29)16-14-24(18-27)23-8-12-25(13-9-23)30-17-15-21-6-10-26(11-7-21)31-19-22-4-2-1-3-5-22;21-20(14-22)11-9-17(13-20)16-3-7-19(8-4-16)24-12-10-15-1-5-18(23)6-2-15/h1-13,24,29H,14-20,28H2;1-8,17,22-23H,9-14,21H2/t24-,27-;17-,20-/m11/s1. The Bertz CT molecular complexity index is 1870. The summed E-state index contributed by atoms with van der Waals surface area (Å²) in [6.45, 7) is 1.92. The van der Waals surface area contributed by atoms with Crippen LogP contribution in [0.5, 0.6) is 23.0 Å². The molecule has 7 rings (SSSR count). The Kier molecular flexibility index (Phi) is 13.9. The first-order valence-corrected chi connectivity index (χ1v) is 19.5. The minimum atomic E-state index is -0.415. The van der Waals surface area contributed by atoms with Crippen molar-refractivity contribution in [3.63, 3.8) is 0 Å². The zero-order chi connectivity index (χ0) is 38.5. The van der Waals surface area contributed by atoms with Crippen LogP contribution in [0.15, 0.2) is 127 Å². The average Bonchev–Trinajstić information content (AvgIpc) is 3.83. The molecule has 0 heterocycles. The first-order chi connectivity index (χ1) is 26.7. The van der Waals surface area contributed by atoms with Crippen LogP contribution < -0.4 is 25.7 Å². The van der Waals surface area contributed by atoms with Gasteiger partial charge in [-0.3, -0.25) is 0 Å². The number of aliphatic hydroxyl groups is 2. The molecule has 0 radical (unpaired) electrons. The molecule has 0 bridgehead atoms. The molecule has 0 unspecified atom stereocenters. The van der Waals surface area contributed by atoms with E-state index < -0.39 is 11.1 Å². The van der Waals surface area contributed by atoms with Crippen molar-refractivity contribution in [2.45, 2.75) is 80.9 Å². The maximum Gasteiger partial charge on any atom is 0.119 e. The second kappa shape index (κ2) is 19.1. The monoisotopic (exact) mass is 744 g/mol. The maximum absolute atomic E-state index is 9.46. The Labute approximate surface area is 325 Å². The van der Waals surface area contributed by atoms with Crippen molar-refractivity contribution in [2.75, 3.05) is 26.4 Å². The molecule has 290 valence electrons. The molecule has 7 N–H and O–H groups in total. The molecule has 4 atom stereocenters. The van der Waals surface area contributed by atoms with Crippen LogP contribution in [0.25, 0.3) is 0 Å². The third-order valence-corrected chi connectivity index (χ3v) is 11.0. The molecule has 2 aliphatic rings. The van der Waals surface area contributed by atoms with Crippen molar-refractivity contribution in [3.8, 4) is 23.0 Å². The summed E-state index contributed by atoms with van der Waals surface area (Å²) in [7, 11) is 0. The molecule has 0 amide bonds. The van der Waals surface area contributed by atoms with Gasteiger partial charge < -0.3 is 41.0 Å². The van der Waals surface area contributed by atoms with Gasteiger partial charge in [-0.05, 0) is 127 Å². The van der Waals surface area contributed by atoms with Gasteiger partial charge >= 0.3 is 0 Å². The molecule has 55 heavy (non-hydrogen) atoms. The van der Waals surface area contributed by atoms with E-state index in [0.717, 1.165) is 79.7 Å². The predicted octanol–water partition coefficient (Wildman–Crippen LogP) is 7.82. The third kappa shape index (κ3) is 11.8. The van der Waals surface area contributed by atoms with Crippen LogP contribution >= 0.6 is 0 Å². The second-order valence-electron chi connectivity index (χ2n) is 15.3. The lowest BCUT2D eigenvalue weighted by Gasteiger charge is -2.21. The van der Waals surface area contributed by atoms with Crippen molar-refractivity contribution in [2.24, 2.45) is 11.5 Å². The van der Waals surface area contributed by atoms with Gasteiger partial charge in [-0.2, -0.15) is 0 Å². The molecular weight excluding hydrogens is 689 g/mol. The highest BCUT2D eigenvalue weighted by atomic mass is 16.5. The molecule has 0 aromatic heterocycles. The number of nitrogens with two attached hydrogens (primary N) is 2. The van der Waals surface area contributed by atoms with E-state index in [4.69, 9.17) is 25.7 Å². The zero-order valence-electron chi connectivity index (χ0n) is 31.7. The fourth-order valence-electron chi connectivity index (χ4n) is 7.57. The van der Waals surface area contributed by atoms with Crippen LogP contribution in [-0.4, -0.2) is 52.8 Å². The van der Waals surface area contributed by atoms with Crippen molar-refractivity contribution in [3.05, 3.63) is 155 Å². The molecule has 8 nitrogen and oxygen atoms in total. The van der Waals surface area contributed by atoms with E-state index >= 15 is 0 Å². The van der Waals surface area contributed by atoms with Crippen molar-refractivity contribution in [1.82, 2.24) is 0 Å². The minimum absolute atomic E-state index is 0.0575. The lowest BCUT2D eigenvalue weighted by atomic mass is 9.94. The van der Waals surface area contributed by atoms with Gasteiger partial charge in [-0.15, -0.1) is 0 Å². The maximum atomic E-state index is 9.46. The highest BCUT2D eigenvalue weighted by Crippen LogP contribution is 2.40. The van der Waals surface area contributed by atoms with Gasteiger partial charge in [0.25, 0.3) is 0 Å². The molecular formula is C47H56N2O6. The van der Waals surface area contributed by atoms with E-state index in [0.29, 0.717) is 31.7 Å². The fourth-order valence-corrected chi connectivity index (χ4v) is 7.57. The molecule has 0 saturated heterocycles. The van der Waals surface area contributed by atoms with Gasteiger partial charge in [0.2, 0.25) is 0 Å². The smallest absolute Gasteiger partial charge is 0.119 e. The first-order valence-electron chi connectivity index (χ1n) is 19.5. The number of phenols is 1.